The fourth-order valence-corrected chi connectivity index (χ4v) is 5.63. The van der Waals surface area contributed by atoms with Crippen molar-refractivity contribution in [1.82, 2.24) is 14.3 Å². The van der Waals surface area contributed by atoms with Crippen LogP contribution in [0.5, 0.6) is 5.75 Å². The van der Waals surface area contributed by atoms with Gasteiger partial charge in [0.05, 0.1) is 22.7 Å². The van der Waals surface area contributed by atoms with E-state index in [-0.39, 0.29) is 15.7 Å². The van der Waals surface area contributed by atoms with Crippen LogP contribution in [0.1, 0.15) is 5.56 Å². The van der Waals surface area contributed by atoms with E-state index in [4.69, 9.17) is 16.3 Å². The van der Waals surface area contributed by atoms with Gasteiger partial charge >= 0.3 is 0 Å². The summed E-state index contributed by atoms with van der Waals surface area (Å²) in [5.74, 6) is 0.822. The molecule has 1 aliphatic heterocycles. The molecular weight excluding hydrogens is 455 g/mol. The van der Waals surface area contributed by atoms with Crippen molar-refractivity contribution in [2.45, 2.75) is 11.8 Å². The number of aryl methyl sites for hydroxylation is 1. The Morgan fingerprint density at radius 1 is 1.03 bits per heavy atom. The first-order chi connectivity index (χ1) is 15.3. The van der Waals surface area contributed by atoms with E-state index in [9.17, 15) is 12.8 Å². The molecule has 1 aromatic heterocycles. The highest BCUT2D eigenvalue weighted by atomic mass is 35.5. The molecule has 2 heterocycles. The Labute approximate surface area is 191 Å². The first-order valence-electron chi connectivity index (χ1n) is 9.97. The molecule has 10 heteroatoms. The molecule has 0 atom stereocenters. The molecule has 0 spiro atoms. The molecule has 0 unspecified atom stereocenters. The second-order valence-electron chi connectivity index (χ2n) is 7.41. The van der Waals surface area contributed by atoms with E-state index in [1.165, 1.54) is 35.9 Å². The fourth-order valence-electron chi connectivity index (χ4n) is 3.67. The molecule has 2 aromatic carbocycles. The minimum atomic E-state index is -3.70. The summed E-state index contributed by atoms with van der Waals surface area (Å²) in [6.45, 7) is 3.28. The monoisotopic (exact) mass is 476 g/mol. The van der Waals surface area contributed by atoms with Crippen LogP contribution in [-0.4, -0.2) is 56.0 Å². The highest BCUT2D eigenvalue weighted by Gasteiger charge is 2.31. The van der Waals surface area contributed by atoms with E-state index in [0.717, 1.165) is 5.56 Å². The van der Waals surface area contributed by atoms with E-state index in [0.29, 0.717) is 49.0 Å². The lowest BCUT2D eigenvalue weighted by Gasteiger charge is -2.35. The van der Waals surface area contributed by atoms with Gasteiger partial charge in [0, 0.05) is 37.8 Å². The average Bonchev–Trinajstić information content (AvgIpc) is 2.81. The van der Waals surface area contributed by atoms with Crippen molar-refractivity contribution >= 4 is 27.4 Å². The van der Waals surface area contributed by atoms with E-state index in [1.54, 1.807) is 25.1 Å². The topological polar surface area (TPSA) is 75.6 Å². The van der Waals surface area contributed by atoms with Gasteiger partial charge in [-0.3, -0.25) is 0 Å². The Kier molecular flexibility index (Phi) is 6.32. The van der Waals surface area contributed by atoms with Crippen LogP contribution >= 0.6 is 11.6 Å². The summed E-state index contributed by atoms with van der Waals surface area (Å²) >= 11 is 6.17. The third-order valence-corrected chi connectivity index (χ3v) is 7.76. The zero-order chi connectivity index (χ0) is 22.9. The maximum absolute atomic E-state index is 13.2. The summed E-state index contributed by atoms with van der Waals surface area (Å²) in [5.41, 5.74) is 2.03. The normalized spacial score (nSPS) is 15.1. The van der Waals surface area contributed by atoms with Crippen molar-refractivity contribution in [3.63, 3.8) is 0 Å². The van der Waals surface area contributed by atoms with Crippen LogP contribution in [0.15, 0.2) is 53.7 Å². The van der Waals surface area contributed by atoms with Crippen LogP contribution in [-0.2, 0) is 10.0 Å². The molecule has 0 N–H and O–H groups in total. The van der Waals surface area contributed by atoms with Gasteiger partial charge in [0.15, 0.2) is 0 Å². The smallest absolute Gasteiger partial charge is 0.243 e. The average molecular weight is 477 g/mol. The van der Waals surface area contributed by atoms with Gasteiger partial charge < -0.3 is 9.64 Å². The lowest BCUT2D eigenvalue weighted by atomic mass is 10.1. The number of benzene rings is 2. The molecule has 0 saturated carbocycles. The zero-order valence-corrected chi connectivity index (χ0v) is 19.2. The van der Waals surface area contributed by atoms with Gasteiger partial charge in [-0.15, -0.1) is 0 Å². The number of hydrogen-bond acceptors (Lipinski definition) is 6. The predicted octanol–water partition coefficient (Wildman–Crippen LogP) is 3.76. The summed E-state index contributed by atoms with van der Waals surface area (Å²) < 4.78 is 46.3. The number of ether oxygens (including phenoxy) is 1. The molecular formula is C22H22ClFN4O3S. The van der Waals surface area contributed by atoms with Crippen molar-refractivity contribution < 1.29 is 17.5 Å². The van der Waals surface area contributed by atoms with Crippen LogP contribution in [0, 0.1) is 12.7 Å². The third-order valence-electron chi connectivity index (χ3n) is 5.42. The molecule has 7 nitrogen and oxygen atoms in total. The number of methoxy groups -OCH3 is 1. The molecule has 0 radical (unpaired) electrons. The number of piperazine rings is 1. The molecule has 1 aliphatic rings. The minimum Gasteiger partial charge on any atom is -0.495 e. The summed E-state index contributed by atoms with van der Waals surface area (Å²) in [7, 11) is -2.21. The molecule has 32 heavy (non-hydrogen) atoms. The molecule has 1 fully saturated rings. The van der Waals surface area contributed by atoms with Crippen LogP contribution in [0.25, 0.3) is 11.3 Å². The summed E-state index contributed by atoms with van der Waals surface area (Å²) in [4.78, 5) is 10.8. The Hall–Kier alpha value is -2.75. The number of nitrogens with zero attached hydrogens (tertiary/aromatic N) is 4. The largest absolute Gasteiger partial charge is 0.495 e. The first kappa shape index (κ1) is 22.4. The lowest BCUT2D eigenvalue weighted by Crippen LogP contribution is -2.49. The van der Waals surface area contributed by atoms with Crippen LogP contribution in [0.3, 0.4) is 0 Å². The van der Waals surface area contributed by atoms with Gasteiger partial charge in [-0.05, 0) is 48.9 Å². The molecule has 0 aliphatic carbocycles. The standard InChI is InChI=1S/C22H22ClFN4O3S/c1-15-11-20(31-2)18(23)12-21(15)32(29,30)28-9-7-27(8-10-28)22-13-19(25-14-26-22)16-3-5-17(24)6-4-16/h3-6,11-14H,7-10H2,1-2H3. The summed E-state index contributed by atoms with van der Waals surface area (Å²) in [6, 6.07) is 11.0. The zero-order valence-electron chi connectivity index (χ0n) is 17.6. The second-order valence-corrected chi connectivity index (χ2v) is 9.73. The maximum atomic E-state index is 13.2. The molecule has 3 aromatic rings. The molecule has 1 saturated heterocycles. The highest BCUT2D eigenvalue weighted by molar-refractivity contribution is 7.89. The fraction of sp³-hybridized carbons (Fsp3) is 0.273. The first-order valence-corrected chi connectivity index (χ1v) is 11.8. The number of rotatable bonds is 5. The van der Waals surface area contributed by atoms with E-state index in [1.807, 2.05) is 11.0 Å². The predicted molar refractivity (Wildman–Crippen MR) is 121 cm³/mol. The van der Waals surface area contributed by atoms with Crippen LogP contribution in [0.4, 0.5) is 10.2 Å². The van der Waals surface area contributed by atoms with Gasteiger partial charge in [0.2, 0.25) is 10.0 Å². The Bertz CT molecular complexity index is 1230. The van der Waals surface area contributed by atoms with Gasteiger partial charge in [-0.2, -0.15) is 4.31 Å². The second kappa shape index (κ2) is 9.01. The number of sulfonamides is 1. The summed E-state index contributed by atoms with van der Waals surface area (Å²) in [5, 5.41) is 0.254. The number of anilines is 1. The Morgan fingerprint density at radius 2 is 1.72 bits per heavy atom. The van der Waals surface area contributed by atoms with Crippen molar-refractivity contribution in [2.75, 3.05) is 38.2 Å². The van der Waals surface area contributed by atoms with E-state index in [2.05, 4.69) is 9.97 Å². The maximum Gasteiger partial charge on any atom is 0.243 e. The van der Waals surface area contributed by atoms with Crippen molar-refractivity contribution in [3.8, 4) is 17.0 Å². The third kappa shape index (κ3) is 4.41. The highest BCUT2D eigenvalue weighted by Crippen LogP contribution is 2.32. The molecule has 0 amide bonds. The number of halogens is 2. The SMILES string of the molecule is COc1cc(C)c(S(=O)(=O)N2CCN(c3cc(-c4ccc(F)cc4)ncn3)CC2)cc1Cl. The van der Waals surface area contributed by atoms with Crippen molar-refractivity contribution in [1.29, 1.82) is 0 Å². The summed E-state index contributed by atoms with van der Waals surface area (Å²) in [6.07, 6.45) is 1.46. The minimum absolute atomic E-state index is 0.178. The quantitative estimate of drug-likeness (QED) is 0.558. The van der Waals surface area contributed by atoms with E-state index < -0.39 is 10.0 Å². The van der Waals surface area contributed by atoms with Gasteiger partial charge in [-0.1, -0.05) is 11.6 Å². The Morgan fingerprint density at radius 3 is 2.38 bits per heavy atom. The lowest BCUT2D eigenvalue weighted by molar-refractivity contribution is 0.383. The number of hydrogen-bond donors (Lipinski definition) is 0. The van der Waals surface area contributed by atoms with Gasteiger partial charge in [-0.25, -0.2) is 22.8 Å². The van der Waals surface area contributed by atoms with Gasteiger partial charge in [0.1, 0.15) is 23.7 Å². The number of aromatic nitrogens is 2. The molecule has 0 bridgehead atoms. The molecule has 4 rings (SSSR count). The van der Waals surface area contributed by atoms with Crippen LogP contribution < -0.4 is 9.64 Å². The Balaban J connectivity index is 1.50. The molecule has 168 valence electrons. The van der Waals surface area contributed by atoms with Gasteiger partial charge in [0.25, 0.3) is 0 Å². The van der Waals surface area contributed by atoms with E-state index >= 15 is 0 Å². The van der Waals surface area contributed by atoms with Crippen LogP contribution in [0.2, 0.25) is 5.02 Å². The van der Waals surface area contributed by atoms with Crippen molar-refractivity contribution in [2.24, 2.45) is 0 Å². The van der Waals surface area contributed by atoms with Crippen molar-refractivity contribution in [3.05, 3.63) is 65.2 Å².